The van der Waals surface area contributed by atoms with Gasteiger partial charge in [0.1, 0.15) is 11.5 Å². The fraction of sp³-hybridized carbons (Fsp3) is 0.250. The molecule has 0 aliphatic carbocycles. The molecule has 0 amide bonds. The maximum atomic E-state index is 10.1. The van der Waals surface area contributed by atoms with Crippen LogP contribution in [-0.2, 0) is 6.54 Å². The lowest BCUT2D eigenvalue weighted by atomic mass is 10.1. The number of hydrogen-bond donors (Lipinski definition) is 3. The van der Waals surface area contributed by atoms with E-state index in [0.29, 0.717) is 13.1 Å². The van der Waals surface area contributed by atoms with E-state index in [1.54, 1.807) is 30.7 Å². The van der Waals surface area contributed by atoms with E-state index >= 15 is 0 Å². The van der Waals surface area contributed by atoms with E-state index in [2.05, 4.69) is 20.5 Å². The van der Waals surface area contributed by atoms with Crippen molar-refractivity contribution < 1.29 is 9.52 Å². The Labute approximate surface area is 128 Å². The van der Waals surface area contributed by atoms with Crippen LogP contribution in [0.1, 0.15) is 23.0 Å². The van der Waals surface area contributed by atoms with Gasteiger partial charge in [-0.1, -0.05) is 0 Å². The van der Waals surface area contributed by atoms with Crippen molar-refractivity contribution in [1.82, 2.24) is 20.5 Å². The van der Waals surface area contributed by atoms with Crippen molar-refractivity contribution in [1.29, 1.82) is 0 Å². The maximum Gasteiger partial charge on any atom is 0.152 e. The van der Waals surface area contributed by atoms with Gasteiger partial charge in [-0.05, 0) is 36.8 Å². The SMILES string of the molecule is Cc1ccc(-c2[nH]ncc2CNCC(O)c2ccncc2)o1. The normalized spacial score (nSPS) is 12.5. The maximum absolute atomic E-state index is 10.1. The molecule has 22 heavy (non-hydrogen) atoms. The highest BCUT2D eigenvalue weighted by Crippen LogP contribution is 2.23. The van der Waals surface area contributed by atoms with Crippen molar-refractivity contribution in [2.24, 2.45) is 0 Å². The second-order valence-corrected chi connectivity index (χ2v) is 5.11. The predicted octanol–water partition coefficient (Wildman–Crippen LogP) is 2.20. The number of aromatic nitrogens is 3. The van der Waals surface area contributed by atoms with Crippen LogP contribution in [0.25, 0.3) is 11.5 Å². The Morgan fingerprint density at radius 2 is 2.09 bits per heavy atom. The highest BCUT2D eigenvalue weighted by molar-refractivity contribution is 5.56. The van der Waals surface area contributed by atoms with Crippen LogP contribution in [-0.4, -0.2) is 26.8 Å². The lowest BCUT2D eigenvalue weighted by Gasteiger charge is -2.11. The molecule has 0 aliphatic rings. The summed E-state index contributed by atoms with van der Waals surface area (Å²) in [6.45, 7) is 2.95. The van der Waals surface area contributed by atoms with Gasteiger partial charge in [-0.25, -0.2) is 0 Å². The first kappa shape index (κ1) is 14.5. The summed E-state index contributed by atoms with van der Waals surface area (Å²) in [6.07, 6.45) is 4.54. The Hall–Kier alpha value is -2.44. The summed E-state index contributed by atoms with van der Waals surface area (Å²) >= 11 is 0. The van der Waals surface area contributed by atoms with Gasteiger partial charge in [-0.3, -0.25) is 10.1 Å². The van der Waals surface area contributed by atoms with Gasteiger partial charge in [0, 0.05) is 31.0 Å². The first-order valence-corrected chi connectivity index (χ1v) is 7.12. The number of aliphatic hydroxyl groups excluding tert-OH is 1. The highest BCUT2D eigenvalue weighted by atomic mass is 16.3. The molecule has 0 spiro atoms. The minimum Gasteiger partial charge on any atom is -0.460 e. The Morgan fingerprint density at radius 1 is 1.27 bits per heavy atom. The standard InChI is InChI=1S/C16H18N4O2/c1-11-2-3-15(22-11)16-13(9-19-20-16)8-18-10-14(21)12-4-6-17-7-5-12/h2-7,9,14,18,21H,8,10H2,1H3,(H,19,20). The summed E-state index contributed by atoms with van der Waals surface area (Å²) in [5.74, 6) is 1.62. The van der Waals surface area contributed by atoms with Crippen LogP contribution in [0.2, 0.25) is 0 Å². The number of hydrogen-bond acceptors (Lipinski definition) is 5. The van der Waals surface area contributed by atoms with Crippen LogP contribution < -0.4 is 5.32 Å². The minimum atomic E-state index is -0.566. The molecule has 114 valence electrons. The molecular weight excluding hydrogens is 280 g/mol. The molecule has 0 bridgehead atoms. The van der Waals surface area contributed by atoms with Gasteiger partial charge in [0.05, 0.1) is 12.3 Å². The summed E-state index contributed by atoms with van der Waals surface area (Å²) < 4.78 is 5.61. The number of aryl methyl sites for hydroxylation is 1. The molecule has 6 heteroatoms. The smallest absolute Gasteiger partial charge is 0.152 e. The second-order valence-electron chi connectivity index (χ2n) is 5.11. The van der Waals surface area contributed by atoms with Crippen molar-refractivity contribution in [2.75, 3.05) is 6.54 Å². The zero-order valence-electron chi connectivity index (χ0n) is 12.3. The van der Waals surface area contributed by atoms with Gasteiger partial charge >= 0.3 is 0 Å². The molecule has 6 nitrogen and oxygen atoms in total. The first-order chi connectivity index (χ1) is 10.7. The van der Waals surface area contributed by atoms with E-state index in [9.17, 15) is 5.11 Å². The Morgan fingerprint density at radius 3 is 2.82 bits per heavy atom. The average Bonchev–Trinajstić information content (AvgIpc) is 3.16. The third-order valence-electron chi connectivity index (χ3n) is 3.45. The summed E-state index contributed by atoms with van der Waals surface area (Å²) in [7, 11) is 0. The molecule has 0 fully saturated rings. The van der Waals surface area contributed by atoms with Crippen molar-refractivity contribution in [3.8, 4) is 11.5 Å². The molecule has 1 atom stereocenters. The average molecular weight is 298 g/mol. The van der Waals surface area contributed by atoms with E-state index in [-0.39, 0.29) is 0 Å². The largest absolute Gasteiger partial charge is 0.460 e. The summed E-state index contributed by atoms with van der Waals surface area (Å²) in [5, 5.41) is 20.4. The van der Waals surface area contributed by atoms with Gasteiger partial charge in [0.2, 0.25) is 0 Å². The molecule has 0 radical (unpaired) electrons. The molecule has 0 saturated carbocycles. The topological polar surface area (TPSA) is 87.0 Å². The molecule has 1 unspecified atom stereocenters. The fourth-order valence-corrected chi connectivity index (χ4v) is 2.27. The van der Waals surface area contributed by atoms with E-state index in [1.165, 1.54) is 0 Å². The van der Waals surface area contributed by atoms with Crippen LogP contribution in [0.15, 0.2) is 47.3 Å². The van der Waals surface area contributed by atoms with Crippen molar-refractivity contribution >= 4 is 0 Å². The summed E-state index contributed by atoms with van der Waals surface area (Å²) in [6, 6.07) is 7.45. The van der Waals surface area contributed by atoms with Crippen molar-refractivity contribution in [3.63, 3.8) is 0 Å². The molecule has 3 N–H and O–H groups in total. The summed E-state index contributed by atoms with van der Waals surface area (Å²) in [4.78, 5) is 3.94. The van der Waals surface area contributed by atoms with Gasteiger partial charge in [0.15, 0.2) is 5.76 Å². The molecular formula is C16H18N4O2. The van der Waals surface area contributed by atoms with E-state index in [1.807, 2.05) is 19.1 Å². The third kappa shape index (κ3) is 3.24. The van der Waals surface area contributed by atoms with Gasteiger partial charge in [-0.2, -0.15) is 5.10 Å². The molecule has 0 saturated heterocycles. The number of H-pyrrole nitrogens is 1. The Bertz CT molecular complexity index is 721. The third-order valence-corrected chi connectivity index (χ3v) is 3.45. The molecule has 0 aliphatic heterocycles. The van der Waals surface area contributed by atoms with E-state index in [0.717, 1.165) is 28.3 Å². The fourth-order valence-electron chi connectivity index (χ4n) is 2.27. The first-order valence-electron chi connectivity index (χ1n) is 7.12. The zero-order chi connectivity index (χ0) is 15.4. The van der Waals surface area contributed by atoms with Crippen LogP contribution in [0.3, 0.4) is 0 Å². The molecule has 3 heterocycles. The highest BCUT2D eigenvalue weighted by Gasteiger charge is 2.12. The second kappa shape index (κ2) is 6.55. The number of furan rings is 1. The predicted molar refractivity (Wildman–Crippen MR) is 81.9 cm³/mol. The van der Waals surface area contributed by atoms with Gasteiger partial charge in [0.25, 0.3) is 0 Å². The number of pyridine rings is 1. The van der Waals surface area contributed by atoms with Crippen LogP contribution in [0.5, 0.6) is 0 Å². The lowest BCUT2D eigenvalue weighted by molar-refractivity contribution is 0.174. The lowest BCUT2D eigenvalue weighted by Crippen LogP contribution is -2.21. The molecule has 3 aromatic heterocycles. The van der Waals surface area contributed by atoms with Gasteiger partial charge < -0.3 is 14.8 Å². The number of aromatic amines is 1. The van der Waals surface area contributed by atoms with Crippen molar-refractivity contribution in [2.45, 2.75) is 19.6 Å². The zero-order valence-corrected chi connectivity index (χ0v) is 12.3. The van der Waals surface area contributed by atoms with Crippen LogP contribution in [0, 0.1) is 6.92 Å². The Balaban J connectivity index is 1.60. The quantitative estimate of drug-likeness (QED) is 0.649. The number of aliphatic hydroxyl groups is 1. The summed E-state index contributed by atoms with van der Waals surface area (Å²) in [5.41, 5.74) is 2.70. The number of rotatable bonds is 6. The van der Waals surface area contributed by atoms with Crippen LogP contribution in [0.4, 0.5) is 0 Å². The molecule has 3 rings (SSSR count). The monoisotopic (exact) mass is 298 g/mol. The van der Waals surface area contributed by atoms with E-state index in [4.69, 9.17) is 4.42 Å². The van der Waals surface area contributed by atoms with Gasteiger partial charge in [-0.15, -0.1) is 0 Å². The molecule has 0 aromatic carbocycles. The Kier molecular flexibility index (Phi) is 4.32. The number of nitrogens with zero attached hydrogens (tertiary/aromatic N) is 2. The minimum absolute atomic E-state index is 0.450. The van der Waals surface area contributed by atoms with Crippen molar-refractivity contribution in [3.05, 3.63) is 59.7 Å². The van der Waals surface area contributed by atoms with Crippen LogP contribution >= 0.6 is 0 Å². The number of nitrogens with one attached hydrogen (secondary N) is 2. The molecule has 3 aromatic rings. The van der Waals surface area contributed by atoms with E-state index < -0.39 is 6.10 Å².